The van der Waals surface area contributed by atoms with Crippen molar-refractivity contribution in [3.05, 3.63) is 34.5 Å². The van der Waals surface area contributed by atoms with Gasteiger partial charge in [-0.25, -0.2) is 4.98 Å². The van der Waals surface area contributed by atoms with Crippen molar-refractivity contribution in [2.75, 3.05) is 20.8 Å². The molecule has 16 heavy (non-hydrogen) atoms. The van der Waals surface area contributed by atoms with E-state index in [1.165, 1.54) is 24.2 Å². The summed E-state index contributed by atoms with van der Waals surface area (Å²) in [7, 11) is 3.09. The third-order valence-electron chi connectivity index (χ3n) is 2.10. The molecule has 0 unspecified atom stereocenters. The number of aromatic nitrogens is 2. The fourth-order valence-electron chi connectivity index (χ4n) is 1.24. The van der Waals surface area contributed by atoms with Gasteiger partial charge in [-0.1, -0.05) is 11.6 Å². The first-order valence-electron chi connectivity index (χ1n) is 4.92. The van der Waals surface area contributed by atoms with Crippen molar-refractivity contribution < 1.29 is 9.47 Å². The van der Waals surface area contributed by atoms with Crippen LogP contribution in [0.5, 0.6) is 5.75 Å². The molecule has 0 aromatic carbocycles. The number of hydrogen-bond acceptors (Lipinski definition) is 4. The van der Waals surface area contributed by atoms with E-state index < -0.39 is 0 Å². The lowest BCUT2D eigenvalue weighted by atomic mass is 10.3. The van der Waals surface area contributed by atoms with Gasteiger partial charge in [-0.3, -0.25) is 9.36 Å². The highest BCUT2D eigenvalue weighted by molar-refractivity contribution is 5.12. The number of nitrogens with zero attached hydrogens (tertiary/aromatic N) is 2. The second-order valence-electron chi connectivity index (χ2n) is 3.40. The van der Waals surface area contributed by atoms with Crippen molar-refractivity contribution >= 4 is 0 Å². The van der Waals surface area contributed by atoms with E-state index in [2.05, 4.69) is 4.98 Å². The molecule has 5 nitrogen and oxygen atoms in total. The molecule has 1 rings (SSSR count). The van der Waals surface area contributed by atoms with Crippen LogP contribution in [0.3, 0.4) is 0 Å². The Morgan fingerprint density at radius 1 is 1.56 bits per heavy atom. The normalized spacial score (nSPS) is 11.6. The Balaban J connectivity index is 2.82. The summed E-state index contributed by atoms with van der Waals surface area (Å²) >= 11 is 0. The van der Waals surface area contributed by atoms with Gasteiger partial charge in [-0.2, -0.15) is 0 Å². The minimum absolute atomic E-state index is 0.182. The number of allylic oxidation sites excluding steroid dienone is 1. The second-order valence-corrected chi connectivity index (χ2v) is 3.40. The first-order chi connectivity index (χ1) is 7.69. The molecule has 0 aliphatic carbocycles. The topological polar surface area (TPSA) is 53.4 Å². The molecular weight excluding hydrogens is 208 g/mol. The summed E-state index contributed by atoms with van der Waals surface area (Å²) < 4.78 is 11.4. The highest BCUT2D eigenvalue weighted by Gasteiger charge is 2.01. The lowest BCUT2D eigenvalue weighted by molar-refractivity contribution is 0.225. The molecule has 0 saturated heterocycles. The Labute approximate surface area is 94.3 Å². The minimum Gasteiger partial charge on any atom is -0.490 e. The average Bonchev–Trinajstić information content (AvgIpc) is 2.28. The number of rotatable bonds is 5. The predicted molar refractivity (Wildman–Crippen MR) is 60.7 cm³/mol. The Morgan fingerprint density at radius 2 is 2.31 bits per heavy atom. The van der Waals surface area contributed by atoms with E-state index in [1.807, 2.05) is 13.0 Å². The zero-order valence-electron chi connectivity index (χ0n) is 9.77. The maximum atomic E-state index is 11.7. The van der Waals surface area contributed by atoms with Gasteiger partial charge in [-0.05, 0) is 6.92 Å². The SMILES string of the molecule is COCC(C)=CCn1cncc(OC)c1=O. The van der Waals surface area contributed by atoms with Crippen LogP contribution in [0.15, 0.2) is 29.0 Å². The van der Waals surface area contributed by atoms with Gasteiger partial charge < -0.3 is 9.47 Å². The molecule has 0 saturated carbocycles. The van der Waals surface area contributed by atoms with E-state index in [0.717, 1.165) is 5.57 Å². The largest absolute Gasteiger partial charge is 0.490 e. The molecule has 1 heterocycles. The maximum Gasteiger partial charge on any atom is 0.295 e. The van der Waals surface area contributed by atoms with Crippen molar-refractivity contribution in [1.29, 1.82) is 0 Å². The lowest BCUT2D eigenvalue weighted by Gasteiger charge is -2.04. The Morgan fingerprint density at radius 3 is 2.94 bits per heavy atom. The van der Waals surface area contributed by atoms with Crippen molar-refractivity contribution in [2.24, 2.45) is 0 Å². The quantitative estimate of drug-likeness (QED) is 0.696. The van der Waals surface area contributed by atoms with Crippen LogP contribution >= 0.6 is 0 Å². The molecular formula is C11H16N2O3. The van der Waals surface area contributed by atoms with Crippen LogP contribution < -0.4 is 10.3 Å². The minimum atomic E-state index is -0.182. The molecule has 1 aromatic heterocycles. The summed E-state index contributed by atoms with van der Waals surface area (Å²) in [6, 6.07) is 0. The zero-order valence-corrected chi connectivity index (χ0v) is 9.77. The molecule has 0 bridgehead atoms. The first kappa shape index (κ1) is 12.4. The number of methoxy groups -OCH3 is 2. The zero-order chi connectivity index (χ0) is 12.0. The van der Waals surface area contributed by atoms with Crippen LogP contribution in [0.4, 0.5) is 0 Å². The fourth-order valence-corrected chi connectivity index (χ4v) is 1.24. The Kier molecular flexibility index (Phi) is 4.72. The second kappa shape index (κ2) is 6.07. The summed E-state index contributed by atoms with van der Waals surface area (Å²) in [4.78, 5) is 15.6. The van der Waals surface area contributed by atoms with E-state index >= 15 is 0 Å². The Hall–Kier alpha value is -1.62. The van der Waals surface area contributed by atoms with Gasteiger partial charge in [0.15, 0.2) is 0 Å². The summed E-state index contributed by atoms with van der Waals surface area (Å²) in [5, 5.41) is 0. The van der Waals surface area contributed by atoms with Gasteiger partial charge in [0, 0.05) is 13.7 Å². The molecule has 1 aromatic rings. The number of hydrogen-bond donors (Lipinski definition) is 0. The molecule has 0 amide bonds. The van der Waals surface area contributed by atoms with Crippen LogP contribution in [0.1, 0.15) is 6.92 Å². The van der Waals surface area contributed by atoms with Gasteiger partial charge in [0.2, 0.25) is 5.75 Å². The molecule has 5 heteroatoms. The van der Waals surface area contributed by atoms with Crippen molar-refractivity contribution in [3.8, 4) is 5.75 Å². The average molecular weight is 224 g/mol. The summed E-state index contributed by atoms with van der Waals surface area (Å²) in [5.74, 6) is 0.250. The van der Waals surface area contributed by atoms with E-state index in [0.29, 0.717) is 13.2 Å². The monoisotopic (exact) mass is 224 g/mol. The summed E-state index contributed by atoms with van der Waals surface area (Å²) in [5.41, 5.74) is 0.885. The number of ether oxygens (including phenoxy) is 2. The molecule has 88 valence electrons. The van der Waals surface area contributed by atoms with Crippen LogP contribution in [0.2, 0.25) is 0 Å². The van der Waals surface area contributed by atoms with Crippen LogP contribution in [0, 0.1) is 0 Å². The molecule has 0 spiro atoms. The van der Waals surface area contributed by atoms with E-state index in [9.17, 15) is 4.79 Å². The summed E-state index contributed by atoms with van der Waals surface area (Å²) in [6.45, 7) is 2.98. The van der Waals surface area contributed by atoms with Gasteiger partial charge in [0.05, 0.1) is 26.2 Å². The van der Waals surface area contributed by atoms with Crippen LogP contribution in [-0.4, -0.2) is 30.4 Å². The Bertz CT molecular complexity index is 423. The van der Waals surface area contributed by atoms with Gasteiger partial charge >= 0.3 is 0 Å². The standard InChI is InChI=1S/C11H16N2O3/c1-9(7-15-2)4-5-13-8-12-6-10(16-3)11(13)14/h4,6,8H,5,7H2,1-3H3. The van der Waals surface area contributed by atoms with Gasteiger partial charge in [0.1, 0.15) is 0 Å². The van der Waals surface area contributed by atoms with Crippen molar-refractivity contribution in [3.63, 3.8) is 0 Å². The van der Waals surface area contributed by atoms with Crippen molar-refractivity contribution in [2.45, 2.75) is 13.5 Å². The van der Waals surface area contributed by atoms with E-state index in [1.54, 1.807) is 7.11 Å². The fraction of sp³-hybridized carbons (Fsp3) is 0.455. The highest BCUT2D eigenvalue weighted by atomic mass is 16.5. The van der Waals surface area contributed by atoms with Crippen molar-refractivity contribution in [1.82, 2.24) is 9.55 Å². The predicted octanol–water partition coefficient (Wildman–Crippen LogP) is 0.845. The molecule has 0 fully saturated rings. The molecule has 0 aliphatic heterocycles. The van der Waals surface area contributed by atoms with Crippen LogP contribution in [-0.2, 0) is 11.3 Å². The van der Waals surface area contributed by atoms with E-state index in [4.69, 9.17) is 9.47 Å². The maximum absolute atomic E-state index is 11.7. The molecule has 0 atom stereocenters. The van der Waals surface area contributed by atoms with E-state index in [-0.39, 0.29) is 11.3 Å². The molecule has 0 N–H and O–H groups in total. The molecule has 0 radical (unpaired) electrons. The molecule has 0 aliphatic rings. The first-order valence-corrected chi connectivity index (χ1v) is 4.92. The third-order valence-corrected chi connectivity index (χ3v) is 2.10. The van der Waals surface area contributed by atoms with Gasteiger partial charge in [0.25, 0.3) is 5.56 Å². The lowest BCUT2D eigenvalue weighted by Crippen LogP contribution is -2.21. The highest BCUT2D eigenvalue weighted by Crippen LogP contribution is 1.99. The summed E-state index contributed by atoms with van der Waals surface area (Å²) in [6.07, 6.45) is 4.82. The van der Waals surface area contributed by atoms with Crippen LogP contribution in [0.25, 0.3) is 0 Å². The smallest absolute Gasteiger partial charge is 0.295 e. The van der Waals surface area contributed by atoms with Gasteiger partial charge in [-0.15, -0.1) is 0 Å². The third kappa shape index (κ3) is 3.20.